The van der Waals surface area contributed by atoms with Gasteiger partial charge in [-0.25, -0.2) is 9.97 Å². The number of rotatable bonds is 4. The number of aryl methyl sites for hydroxylation is 1. The highest BCUT2D eigenvalue weighted by Gasteiger charge is 2.19. The van der Waals surface area contributed by atoms with Crippen molar-refractivity contribution >= 4 is 29.0 Å². The Labute approximate surface area is 139 Å². The van der Waals surface area contributed by atoms with Crippen LogP contribution in [-0.2, 0) is 11.3 Å². The van der Waals surface area contributed by atoms with Crippen molar-refractivity contribution in [1.82, 2.24) is 9.97 Å². The van der Waals surface area contributed by atoms with Gasteiger partial charge in [0.1, 0.15) is 12.1 Å². The highest BCUT2D eigenvalue weighted by Crippen LogP contribution is 2.27. The van der Waals surface area contributed by atoms with Gasteiger partial charge in [-0.05, 0) is 36.6 Å². The summed E-state index contributed by atoms with van der Waals surface area (Å²) in [6.45, 7) is 4.13. The summed E-state index contributed by atoms with van der Waals surface area (Å²) in [7, 11) is 0. The van der Waals surface area contributed by atoms with Crippen molar-refractivity contribution in [3.05, 3.63) is 51.4 Å². The summed E-state index contributed by atoms with van der Waals surface area (Å²) in [6.07, 6.45) is 2.60. The molecule has 116 valence electrons. The molecule has 1 atom stereocenters. The fourth-order valence-electron chi connectivity index (χ4n) is 2.60. The second-order valence-electron chi connectivity index (χ2n) is 5.43. The van der Waals surface area contributed by atoms with Crippen LogP contribution in [0.25, 0.3) is 0 Å². The molecule has 6 heteroatoms. The van der Waals surface area contributed by atoms with E-state index in [2.05, 4.69) is 15.3 Å². The van der Waals surface area contributed by atoms with E-state index in [1.807, 2.05) is 19.1 Å². The van der Waals surface area contributed by atoms with Crippen LogP contribution < -0.4 is 5.32 Å². The second-order valence-corrected chi connectivity index (χ2v) is 6.27. The molecule has 0 aliphatic carbocycles. The molecule has 1 aromatic carbocycles. The Bertz CT molecular complexity index is 649. The minimum absolute atomic E-state index is 0.365. The molecule has 1 aliphatic heterocycles. The number of anilines is 1. The van der Waals surface area contributed by atoms with Crippen molar-refractivity contribution in [2.24, 2.45) is 0 Å². The van der Waals surface area contributed by atoms with Crippen LogP contribution >= 0.6 is 23.2 Å². The lowest BCUT2D eigenvalue weighted by molar-refractivity contribution is 0.193. The quantitative estimate of drug-likeness (QED) is 0.907. The third-order valence-electron chi connectivity index (χ3n) is 3.87. The number of ether oxygens (including phenoxy) is 1. The van der Waals surface area contributed by atoms with E-state index < -0.39 is 0 Å². The highest BCUT2D eigenvalue weighted by atomic mass is 35.5. The van der Waals surface area contributed by atoms with Crippen LogP contribution in [0.1, 0.15) is 29.2 Å². The zero-order valence-electron chi connectivity index (χ0n) is 12.3. The Balaban J connectivity index is 1.73. The SMILES string of the molecule is Cc1cc(Cl)cc(Cl)c1CNc1cc([C@@H]2CCOC2)ncn1. The van der Waals surface area contributed by atoms with Crippen molar-refractivity contribution in [2.45, 2.75) is 25.8 Å². The van der Waals surface area contributed by atoms with Gasteiger partial charge in [0.05, 0.1) is 12.3 Å². The van der Waals surface area contributed by atoms with Crippen LogP contribution in [0.5, 0.6) is 0 Å². The van der Waals surface area contributed by atoms with E-state index >= 15 is 0 Å². The Hall–Kier alpha value is -1.36. The second kappa shape index (κ2) is 6.82. The van der Waals surface area contributed by atoms with Crippen molar-refractivity contribution in [1.29, 1.82) is 0 Å². The molecule has 2 aromatic rings. The standard InChI is InChI=1S/C16H17Cl2N3O/c1-10-4-12(17)5-14(18)13(10)7-19-16-6-15(20-9-21-16)11-2-3-22-8-11/h4-6,9,11H,2-3,7-8H2,1H3,(H,19,20,21)/t11-/m1/s1. The summed E-state index contributed by atoms with van der Waals surface area (Å²) in [6, 6.07) is 5.65. The number of hydrogen-bond donors (Lipinski definition) is 1. The van der Waals surface area contributed by atoms with E-state index in [0.29, 0.717) is 22.5 Å². The molecule has 3 rings (SSSR count). The molecule has 0 radical (unpaired) electrons. The zero-order valence-corrected chi connectivity index (χ0v) is 13.8. The van der Waals surface area contributed by atoms with Gasteiger partial charge in [0.25, 0.3) is 0 Å². The van der Waals surface area contributed by atoms with Crippen LogP contribution in [0.15, 0.2) is 24.5 Å². The summed E-state index contributed by atoms with van der Waals surface area (Å²) < 4.78 is 5.41. The molecule has 0 bridgehead atoms. The van der Waals surface area contributed by atoms with Crippen molar-refractivity contribution < 1.29 is 4.74 Å². The molecule has 0 unspecified atom stereocenters. The van der Waals surface area contributed by atoms with Gasteiger partial charge in [-0.3, -0.25) is 0 Å². The highest BCUT2D eigenvalue weighted by molar-refractivity contribution is 6.35. The first kappa shape index (κ1) is 15.5. The summed E-state index contributed by atoms with van der Waals surface area (Å²) in [5, 5.41) is 4.62. The number of hydrogen-bond acceptors (Lipinski definition) is 4. The van der Waals surface area contributed by atoms with Gasteiger partial charge in [0, 0.05) is 35.2 Å². The molecule has 0 amide bonds. The predicted molar refractivity (Wildman–Crippen MR) is 88.7 cm³/mol. The van der Waals surface area contributed by atoms with Gasteiger partial charge in [0.15, 0.2) is 0 Å². The minimum atomic E-state index is 0.365. The van der Waals surface area contributed by atoms with Crippen molar-refractivity contribution in [2.75, 3.05) is 18.5 Å². The average molecular weight is 338 g/mol. The average Bonchev–Trinajstić information content (AvgIpc) is 3.00. The molecule has 4 nitrogen and oxygen atoms in total. The lowest BCUT2D eigenvalue weighted by Gasteiger charge is -2.12. The molecule has 1 fully saturated rings. The first-order valence-electron chi connectivity index (χ1n) is 7.21. The maximum atomic E-state index is 6.26. The Kier molecular flexibility index (Phi) is 4.81. The summed E-state index contributed by atoms with van der Waals surface area (Å²) in [4.78, 5) is 8.62. The van der Waals surface area contributed by atoms with Crippen LogP contribution in [-0.4, -0.2) is 23.2 Å². The first-order chi connectivity index (χ1) is 10.6. The Morgan fingerprint density at radius 1 is 1.27 bits per heavy atom. The van der Waals surface area contributed by atoms with E-state index in [-0.39, 0.29) is 0 Å². The molecule has 1 saturated heterocycles. The van der Waals surface area contributed by atoms with Gasteiger partial charge in [-0.1, -0.05) is 23.2 Å². The normalized spacial score (nSPS) is 17.7. The molecular formula is C16H17Cl2N3O. The topological polar surface area (TPSA) is 47.0 Å². The van der Waals surface area contributed by atoms with E-state index in [1.54, 1.807) is 12.4 Å². The van der Waals surface area contributed by atoms with Gasteiger partial charge in [0.2, 0.25) is 0 Å². The van der Waals surface area contributed by atoms with Crippen LogP contribution in [0.4, 0.5) is 5.82 Å². The molecule has 2 heterocycles. The maximum Gasteiger partial charge on any atom is 0.129 e. The van der Waals surface area contributed by atoms with Crippen LogP contribution in [0, 0.1) is 6.92 Å². The fraction of sp³-hybridized carbons (Fsp3) is 0.375. The summed E-state index contributed by atoms with van der Waals surface area (Å²) >= 11 is 12.3. The van der Waals surface area contributed by atoms with Crippen molar-refractivity contribution in [3.63, 3.8) is 0 Å². The number of benzene rings is 1. The summed E-state index contributed by atoms with van der Waals surface area (Å²) in [5.41, 5.74) is 3.10. The van der Waals surface area contributed by atoms with Gasteiger partial charge >= 0.3 is 0 Å². The zero-order chi connectivity index (χ0) is 15.5. The van der Waals surface area contributed by atoms with Gasteiger partial charge in [-0.2, -0.15) is 0 Å². The third-order valence-corrected chi connectivity index (χ3v) is 4.42. The molecule has 0 saturated carbocycles. The van der Waals surface area contributed by atoms with E-state index in [0.717, 1.165) is 42.3 Å². The van der Waals surface area contributed by atoms with Crippen LogP contribution in [0.3, 0.4) is 0 Å². The fourth-order valence-corrected chi connectivity index (χ4v) is 3.26. The minimum Gasteiger partial charge on any atom is -0.381 e. The van der Waals surface area contributed by atoms with E-state index in [9.17, 15) is 0 Å². The van der Waals surface area contributed by atoms with Crippen LogP contribution in [0.2, 0.25) is 10.0 Å². The lowest BCUT2D eigenvalue weighted by atomic mass is 10.0. The number of halogens is 2. The molecular weight excluding hydrogens is 321 g/mol. The molecule has 22 heavy (non-hydrogen) atoms. The molecule has 0 spiro atoms. The summed E-state index contributed by atoms with van der Waals surface area (Å²) in [5.74, 6) is 1.16. The largest absolute Gasteiger partial charge is 0.381 e. The Morgan fingerprint density at radius 3 is 2.86 bits per heavy atom. The number of nitrogens with zero attached hydrogens (tertiary/aromatic N) is 2. The van der Waals surface area contributed by atoms with E-state index in [4.69, 9.17) is 27.9 Å². The van der Waals surface area contributed by atoms with Crippen molar-refractivity contribution in [3.8, 4) is 0 Å². The molecule has 1 aliphatic rings. The van der Waals surface area contributed by atoms with Gasteiger partial charge in [-0.15, -0.1) is 0 Å². The number of nitrogens with one attached hydrogen (secondary N) is 1. The Morgan fingerprint density at radius 2 is 2.14 bits per heavy atom. The maximum absolute atomic E-state index is 6.26. The van der Waals surface area contributed by atoms with E-state index in [1.165, 1.54) is 0 Å². The third kappa shape index (κ3) is 3.51. The smallest absolute Gasteiger partial charge is 0.129 e. The molecule has 1 aromatic heterocycles. The lowest BCUT2D eigenvalue weighted by Crippen LogP contribution is -2.07. The predicted octanol–water partition coefficient (Wildman–Crippen LogP) is 4.21. The first-order valence-corrected chi connectivity index (χ1v) is 7.97. The number of aromatic nitrogens is 2. The monoisotopic (exact) mass is 337 g/mol. The van der Waals surface area contributed by atoms with Gasteiger partial charge < -0.3 is 10.1 Å². The molecule has 1 N–H and O–H groups in total.